The lowest BCUT2D eigenvalue weighted by Crippen LogP contribution is -2.26. The molecule has 0 saturated heterocycles. The molecule has 1 aliphatic rings. The standard InChI is InChI=1S/C14H27NO/c1-3-12(11-14(16)15-4-2)10-13-8-6-5-7-9-13/h12-13H,3-11H2,1-2H3,(H,15,16)/t12-/m0/s1. The molecular weight excluding hydrogens is 198 g/mol. The Morgan fingerprint density at radius 2 is 1.94 bits per heavy atom. The number of carbonyl (C=O) groups is 1. The van der Waals surface area contributed by atoms with Crippen LogP contribution in [0, 0.1) is 11.8 Å². The summed E-state index contributed by atoms with van der Waals surface area (Å²) in [5.41, 5.74) is 0. The lowest BCUT2D eigenvalue weighted by molar-refractivity contribution is -0.122. The molecule has 0 aromatic carbocycles. The van der Waals surface area contributed by atoms with Crippen molar-refractivity contribution in [3.8, 4) is 0 Å². The molecule has 0 bridgehead atoms. The predicted molar refractivity (Wildman–Crippen MR) is 68.3 cm³/mol. The molecule has 1 amide bonds. The fourth-order valence-electron chi connectivity index (χ4n) is 2.82. The lowest BCUT2D eigenvalue weighted by atomic mass is 9.81. The maximum absolute atomic E-state index is 11.5. The van der Waals surface area contributed by atoms with Crippen molar-refractivity contribution in [2.75, 3.05) is 6.54 Å². The Labute approximate surface area is 100 Å². The maximum Gasteiger partial charge on any atom is 0.220 e. The third-order valence-corrected chi connectivity index (χ3v) is 3.82. The average molecular weight is 225 g/mol. The third-order valence-electron chi connectivity index (χ3n) is 3.82. The van der Waals surface area contributed by atoms with Gasteiger partial charge in [-0.1, -0.05) is 45.4 Å². The molecule has 0 spiro atoms. The predicted octanol–water partition coefficient (Wildman–Crippen LogP) is 3.51. The highest BCUT2D eigenvalue weighted by Crippen LogP contribution is 2.31. The van der Waals surface area contributed by atoms with E-state index in [0.29, 0.717) is 5.92 Å². The second kappa shape index (κ2) is 7.70. The molecule has 0 aromatic heterocycles. The van der Waals surface area contributed by atoms with Crippen molar-refractivity contribution in [2.24, 2.45) is 11.8 Å². The fraction of sp³-hybridized carbons (Fsp3) is 0.929. The molecule has 2 heteroatoms. The van der Waals surface area contributed by atoms with Gasteiger partial charge < -0.3 is 5.32 Å². The van der Waals surface area contributed by atoms with Crippen LogP contribution >= 0.6 is 0 Å². The van der Waals surface area contributed by atoms with Crippen LogP contribution in [0.25, 0.3) is 0 Å². The smallest absolute Gasteiger partial charge is 0.220 e. The topological polar surface area (TPSA) is 29.1 Å². The molecule has 1 saturated carbocycles. The van der Waals surface area contributed by atoms with Gasteiger partial charge in [-0.15, -0.1) is 0 Å². The van der Waals surface area contributed by atoms with Crippen molar-refractivity contribution < 1.29 is 4.79 Å². The number of amides is 1. The Hall–Kier alpha value is -0.530. The van der Waals surface area contributed by atoms with Crippen LogP contribution < -0.4 is 5.32 Å². The van der Waals surface area contributed by atoms with E-state index in [1.54, 1.807) is 0 Å². The number of hydrogen-bond donors (Lipinski definition) is 1. The molecule has 0 heterocycles. The number of rotatable bonds is 6. The normalized spacial score (nSPS) is 19.4. The second-order valence-electron chi connectivity index (χ2n) is 5.17. The molecule has 1 N–H and O–H groups in total. The highest BCUT2D eigenvalue weighted by atomic mass is 16.1. The Morgan fingerprint density at radius 3 is 2.50 bits per heavy atom. The molecule has 0 unspecified atom stereocenters. The number of hydrogen-bond acceptors (Lipinski definition) is 1. The highest BCUT2D eigenvalue weighted by molar-refractivity contribution is 5.76. The van der Waals surface area contributed by atoms with Gasteiger partial charge in [-0.2, -0.15) is 0 Å². The van der Waals surface area contributed by atoms with Gasteiger partial charge in [0.15, 0.2) is 0 Å². The molecule has 1 fully saturated rings. The zero-order valence-electron chi connectivity index (χ0n) is 10.9. The summed E-state index contributed by atoms with van der Waals surface area (Å²) in [6.07, 6.45) is 10.2. The summed E-state index contributed by atoms with van der Waals surface area (Å²) in [7, 11) is 0. The van der Waals surface area contributed by atoms with Crippen LogP contribution in [0.2, 0.25) is 0 Å². The largest absolute Gasteiger partial charge is 0.356 e. The van der Waals surface area contributed by atoms with Gasteiger partial charge in [-0.05, 0) is 25.2 Å². The van der Waals surface area contributed by atoms with Crippen LogP contribution in [0.4, 0.5) is 0 Å². The summed E-state index contributed by atoms with van der Waals surface area (Å²) in [5, 5.41) is 2.91. The van der Waals surface area contributed by atoms with Gasteiger partial charge in [0.1, 0.15) is 0 Å². The quantitative estimate of drug-likeness (QED) is 0.736. The molecule has 1 atom stereocenters. The summed E-state index contributed by atoms with van der Waals surface area (Å²) >= 11 is 0. The first kappa shape index (κ1) is 13.5. The minimum Gasteiger partial charge on any atom is -0.356 e. The molecule has 2 nitrogen and oxygen atoms in total. The van der Waals surface area contributed by atoms with Crippen molar-refractivity contribution in [1.29, 1.82) is 0 Å². The molecule has 94 valence electrons. The van der Waals surface area contributed by atoms with Crippen LogP contribution in [0.15, 0.2) is 0 Å². The molecule has 16 heavy (non-hydrogen) atoms. The van der Waals surface area contributed by atoms with Gasteiger partial charge >= 0.3 is 0 Å². The summed E-state index contributed by atoms with van der Waals surface area (Å²) in [5.74, 6) is 1.74. The fourth-order valence-corrected chi connectivity index (χ4v) is 2.82. The number of carbonyl (C=O) groups excluding carboxylic acids is 1. The van der Waals surface area contributed by atoms with E-state index in [1.807, 2.05) is 6.92 Å². The SMILES string of the molecule is CCNC(=O)C[C@@H](CC)CC1CCCCC1. The Kier molecular flexibility index (Phi) is 6.51. The van der Waals surface area contributed by atoms with E-state index in [1.165, 1.54) is 38.5 Å². The van der Waals surface area contributed by atoms with Crippen LogP contribution in [0.3, 0.4) is 0 Å². The average Bonchev–Trinajstić information content (AvgIpc) is 2.30. The van der Waals surface area contributed by atoms with E-state index < -0.39 is 0 Å². The molecular formula is C14H27NO. The van der Waals surface area contributed by atoms with Crippen LogP contribution in [0.1, 0.15) is 65.2 Å². The van der Waals surface area contributed by atoms with Crippen molar-refractivity contribution in [1.82, 2.24) is 5.32 Å². The summed E-state index contributed by atoms with van der Waals surface area (Å²) in [4.78, 5) is 11.5. The van der Waals surface area contributed by atoms with Gasteiger partial charge in [0.05, 0.1) is 0 Å². The zero-order chi connectivity index (χ0) is 11.8. The van der Waals surface area contributed by atoms with Gasteiger partial charge in [-0.25, -0.2) is 0 Å². The summed E-state index contributed by atoms with van der Waals surface area (Å²) < 4.78 is 0. The molecule has 0 radical (unpaired) electrons. The zero-order valence-corrected chi connectivity index (χ0v) is 10.9. The Balaban J connectivity index is 2.27. The Bertz CT molecular complexity index is 197. The molecule has 0 aliphatic heterocycles. The van der Waals surface area contributed by atoms with E-state index in [0.717, 1.165) is 25.3 Å². The molecule has 1 aliphatic carbocycles. The van der Waals surface area contributed by atoms with Crippen molar-refractivity contribution in [3.63, 3.8) is 0 Å². The van der Waals surface area contributed by atoms with Crippen LogP contribution in [-0.2, 0) is 4.79 Å². The van der Waals surface area contributed by atoms with E-state index in [-0.39, 0.29) is 5.91 Å². The monoisotopic (exact) mass is 225 g/mol. The summed E-state index contributed by atoms with van der Waals surface area (Å²) in [6, 6.07) is 0. The minimum absolute atomic E-state index is 0.241. The first-order valence-electron chi connectivity index (χ1n) is 7.02. The van der Waals surface area contributed by atoms with E-state index >= 15 is 0 Å². The summed E-state index contributed by atoms with van der Waals surface area (Å²) in [6.45, 7) is 4.96. The first-order valence-corrected chi connectivity index (χ1v) is 7.02. The van der Waals surface area contributed by atoms with E-state index in [4.69, 9.17) is 0 Å². The van der Waals surface area contributed by atoms with Gasteiger partial charge in [0.2, 0.25) is 5.91 Å². The maximum atomic E-state index is 11.5. The van der Waals surface area contributed by atoms with Gasteiger partial charge in [-0.3, -0.25) is 4.79 Å². The third kappa shape index (κ3) is 5.00. The van der Waals surface area contributed by atoms with E-state index in [2.05, 4.69) is 12.2 Å². The van der Waals surface area contributed by atoms with Crippen molar-refractivity contribution in [2.45, 2.75) is 65.2 Å². The molecule has 0 aromatic rings. The highest BCUT2D eigenvalue weighted by Gasteiger charge is 2.19. The van der Waals surface area contributed by atoms with Gasteiger partial charge in [0, 0.05) is 13.0 Å². The second-order valence-corrected chi connectivity index (χ2v) is 5.17. The first-order chi connectivity index (χ1) is 7.76. The Morgan fingerprint density at radius 1 is 1.25 bits per heavy atom. The van der Waals surface area contributed by atoms with E-state index in [9.17, 15) is 4.79 Å². The van der Waals surface area contributed by atoms with Crippen molar-refractivity contribution >= 4 is 5.91 Å². The minimum atomic E-state index is 0.241. The van der Waals surface area contributed by atoms with Crippen LogP contribution in [0.5, 0.6) is 0 Å². The number of nitrogens with one attached hydrogen (secondary N) is 1. The van der Waals surface area contributed by atoms with Crippen LogP contribution in [-0.4, -0.2) is 12.5 Å². The van der Waals surface area contributed by atoms with Crippen molar-refractivity contribution in [3.05, 3.63) is 0 Å². The van der Waals surface area contributed by atoms with Gasteiger partial charge in [0.25, 0.3) is 0 Å². The molecule has 1 rings (SSSR count). The lowest BCUT2D eigenvalue weighted by Gasteiger charge is -2.25.